The molecule has 0 aliphatic heterocycles. The van der Waals surface area contributed by atoms with Gasteiger partial charge in [0.1, 0.15) is 11.6 Å². The van der Waals surface area contributed by atoms with Crippen LogP contribution in [0.15, 0.2) is 54.7 Å². The van der Waals surface area contributed by atoms with Crippen LogP contribution in [0.5, 0.6) is 0 Å². The summed E-state index contributed by atoms with van der Waals surface area (Å²) in [4.78, 5) is 27.1. The van der Waals surface area contributed by atoms with E-state index in [1.807, 2.05) is 30.3 Å². The Morgan fingerprint density at radius 3 is 2.32 bits per heavy atom. The molecular weight excluding hydrogens is 399 g/mol. The minimum atomic E-state index is -0.884. The van der Waals surface area contributed by atoms with Crippen LogP contribution in [0.2, 0.25) is 10.0 Å². The number of carbonyl (C=O) groups excluding carboxylic acids is 2. The highest BCUT2D eigenvalue weighted by Gasteiger charge is 2.31. The second-order valence-electron chi connectivity index (χ2n) is 6.52. The quantitative estimate of drug-likeness (QED) is 0.453. The van der Waals surface area contributed by atoms with Gasteiger partial charge in [0, 0.05) is 24.1 Å². The fourth-order valence-corrected chi connectivity index (χ4v) is 3.32. The summed E-state index contributed by atoms with van der Waals surface area (Å²) in [7, 11) is 3.25. The van der Waals surface area contributed by atoms with Crippen molar-refractivity contribution in [1.82, 2.24) is 19.9 Å². The van der Waals surface area contributed by atoms with Gasteiger partial charge in [-0.3, -0.25) is 9.59 Å². The van der Waals surface area contributed by atoms with E-state index < -0.39 is 5.92 Å². The average molecular weight is 417 g/mol. The lowest BCUT2D eigenvalue weighted by Crippen LogP contribution is -2.36. The Labute approximate surface area is 172 Å². The normalized spacial score (nSPS) is 11.9. The predicted molar refractivity (Wildman–Crippen MR) is 108 cm³/mol. The summed E-state index contributed by atoms with van der Waals surface area (Å²) in [5, 5.41) is 8.83. The predicted octanol–water partition coefficient (Wildman–Crippen LogP) is 3.70. The zero-order valence-electron chi connectivity index (χ0n) is 15.3. The summed E-state index contributed by atoms with van der Waals surface area (Å²) in [5.41, 5.74) is 1.57. The lowest BCUT2D eigenvalue weighted by atomic mass is 9.92. The Morgan fingerprint density at radius 2 is 1.71 bits per heavy atom. The van der Waals surface area contributed by atoms with Crippen molar-refractivity contribution < 1.29 is 9.59 Å². The third-order valence-corrected chi connectivity index (χ3v) is 4.63. The number of hydrogen-bond acceptors (Lipinski definition) is 4. The van der Waals surface area contributed by atoms with Crippen LogP contribution in [0.25, 0.3) is 5.69 Å². The number of ketones is 1. The highest BCUT2D eigenvalue weighted by Crippen LogP contribution is 2.22. The Kier molecular flexibility index (Phi) is 6.11. The lowest BCUT2D eigenvalue weighted by molar-refractivity contribution is -0.131. The van der Waals surface area contributed by atoms with Crippen molar-refractivity contribution in [1.29, 1.82) is 0 Å². The van der Waals surface area contributed by atoms with E-state index in [4.69, 9.17) is 23.2 Å². The number of hydrogen-bond donors (Lipinski definition) is 0. The summed E-state index contributed by atoms with van der Waals surface area (Å²) in [6.45, 7) is 0. The zero-order valence-corrected chi connectivity index (χ0v) is 16.9. The number of aromatic nitrogens is 3. The third kappa shape index (κ3) is 4.58. The first-order valence-corrected chi connectivity index (χ1v) is 9.29. The molecule has 0 N–H and O–H groups in total. The van der Waals surface area contributed by atoms with E-state index in [0.29, 0.717) is 15.7 Å². The fourth-order valence-electron chi connectivity index (χ4n) is 2.81. The molecule has 0 fully saturated rings. The molecule has 28 heavy (non-hydrogen) atoms. The average Bonchev–Trinajstić information content (AvgIpc) is 3.15. The molecule has 0 saturated carbocycles. The molecule has 2 aromatic carbocycles. The van der Waals surface area contributed by atoms with Crippen molar-refractivity contribution in [2.45, 2.75) is 6.42 Å². The molecule has 1 aromatic heterocycles. The van der Waals surface area contributed by atoms with Crippen molar-refractivity contribution in [3.8, 4) is 5.69 Å². The molecule has 3 rings (SSSR count). The number of benzene rings is 2. The van der Waals surface area contributed by atoms with Crippen LogP contribution in [0.4, 0.5) is 0 Å². The van der Waals surface area contributed by atoms with Gasteiger partial charge in [-0.15, -0.1) is 5.10 Å². The summed E-state index contributed by atoms with van der Waals surface area (Å²) in [6, 6.07) is 14.3. The Balaban J connectivity index is 1.90. The standard InChI is InChI=1S/C20H18Cl2N4O2/c1-25(2)20(28)17(8-13-6-4-3-5-7-13)19(27)18-12-26(24-23-18)16-10-14(21)9-15(22)11-16/h3-7,9-12,17H,8H2,1-2H3/t17-/m0/s1. The first kappa shape index (κ1) is 20.0. The van der Waals surface area contributed by atoms with Crippen LogP contribution in [0.1, 0.15) is 16.1 Å². The smallest absolute Gasteiger partial charge is 0.233 e. The molecule has 8 heteroatoms. The second-order valence-corrected chi connectivity index (χ2v) is 7.39. The minimum Gasteiger partial charge on any atom is -0.348 e. The molecule has 0 aliphatic carbocycles. The molecule has 3 aromatic rings. The molecule has 144 valence electrons. The van der Waals surface area contributed by atoms with Crippen LogP contribution in [-0.2, 0) is 11.2 Å². The van der Waals surface area contributed by atoms with Crippen LogP contribution in [0.3, 0.4) is 0 Å². The molecular formula is C20H18Cl2N4O2. The van der Waals surface area contributed by atoms with Gasteiger partial charge in [0.15, 0.2) is 5.78 Å². The first-order chi connectivity index (χ1) is 13.3. The number of amides is 1. The number of carbonyl (C=O) groups is 2. The van der Waals surface area contributed by atoms with E-state index in [0.717, 1.165) is 5.56 Å². The Bertz CT molecular complexity index is 982. The maximum atomic E-state index is 13.1. The van der Waals surface area contributed by atoms with E-state index in [1.54, 1.807) is 32.3 Å². The molecule has 1 atom stereocenters. The van der Waals surface area contributed by atoms with Crippen LogP contribution < -0.4 is 0 Å². The van der Waals surface area contributed by atoms with E-state index in [9.17, 15) is 9.59 Å². The van der Waals surface area contributed by atoms with Crippen molar-refractivity contribution in [2.24, 2.45) is 5.92 Å². The number of halogens is 2. The minimum absolute atomic E-state index is 0.104. The van der Waals surface area contributed by atoms with Crippen LogP contribution in [0, 0.1) is 5.92 Å². The van der Waals surface area contributed by atoms with Crippen molar-refractivity contribution in [3.05, 3.63) is 76.0 Å². The van der Waals surface area contributed by atoms with Gasteiger partial charge < -0.3 is 4.90 Å². The topological polar surface area (TPSA) is 68.1 Å². The number of rotatable bonds is 6. The first-order valence-electron chi connectivity index (χ1n) is 8.53. The van der Waals surface area contributed by atoms with Gasteiger partial charge in [0.25, 0.3) is 0 Å². The molecule has 0 spiro atoms. The third-order valence-electron chi connectivity index (χ3n) is 4.20. The molecule has 1 heterocycles. The van der Waals surface area contributed by atoms with Gasteiger partial charge in [-0.1, -0.05) is 58.7 Å². The summed E-state index contributed by atoms with van der Waals surface area (Å²) in [6.07, 6.45) is 1.76. The number of Topliss-reactive ketones (excluding diaryl/α,β-unsaturated/α-hetero) is 1. The molecule has 1 amide bonds. The molecule has 0 aliphatic rings. The Hall–Kier alpha value is -2.70. The monoisotopic (exact) mass is 416 g/mol. The van der Waals surface area contributed by atoms with Gasteiger partial charge >= 0.3 is 0 Å². The maximum absolute atomic E-state index is 13.1. The van der Waals surface area contributed by atoms with Gasteiger partial charge in [-0.2, -0.15) is 0 Å². The Morgan fingerprint density at radius 1 is 1.07 bits per heavy atom. The number of nitrogens with zero attached hydrogens (tertiary/aromatic N) is 4. The van der Waals surface area contributed by atoms with E-state index in [2.05, 4.69) is 10.3 Å². The maximum Gasteiger partial charge on any atom is 0.233 e. The summed E-state index contributed by atoms with van der Waals surface area (Å²) < 4.78 is 1.41. The summed E-state index contributed by atoms with van der Waals surface area (Å²) in [5.74, 6) is -1.55. The van der Waals surface area contributed by atoms with E-state index >= 15 is 0 Å². The van der Waals surface area contributed by atoms with Crippen LogP contribution >= 0.6 is 23.2 Å². The lowest BCUT2D eigenvalue weighted by Gasteiger charge is -2.18. The van der Waals surface area contributed by atoms with Gasteiger partial charge in [0.2, 0.25) is 5.91 Å². The molecule has 0 unspecified atom stereocenters. The SMILES string of the molecule is CN(C)C(=O)[C@@H](Cc1ccccc1)C(=O)c1cn(-c2cc(Cl)cc(Cl)c2)nn1. The summed E-state index contributed by atoms with van der Waals surface area (Å²) >= 11 is 12.0. The zero-order chi connectivity index (χ0) is 20.3. The van der Waals surface area contributed by atoms with E-state index in [-0.39, 0.29) is 23.8 Å². The van der Waals surface area contributed by atoms with Gasteiger partial charge in [-0.05, 0) is 30.2 Å². The van der Waals surface area contributed by atoms with Crippen molar-refractivity contribution in [2.75, 3.05) is 14.1 Å². The largest absolute Gasteiger partial charge is 0.348 e. The van der Waals surface area contributed by atoms with Crippen molar-refractivity contribution >= 4 is 34.9 Å². The molecule has 6 nitrogen and oxygen atoms in total. The van der Waals surface area contributed by atoms with Gasteiger partial charge in [0.05, 0.1) is 11.9 Å². The fraction of sp³-hybridized carbons (Fsp3) is 0.200. The van der Waals surface area contributed by atoms with Gasteiger partial charge in [-0.25, -0.2) is 4.68 Å². The van der Waals surface area contributed by atoms with Crippen LogP contribution in [-0.4, -0.2) is 45.7 Å². The highest BCUT2D eigenvalue weighted by molar-refractivity contribution is 6.34. The highest BCUT2D eigenvalue weighted by atomic mass is 35.5. The molecule has 0 bridgehead atoms. The van der Waals surface area contributed by atoms with E-state index in [1.165, 1.54) is 15.8 Å². The van der Waals surface area contributed by atoms with Crippen molar-refractivity contribution in [3.63, 3.8) is 0 Å². The second kappa shape index (κ2) is 8.54. The molecule has 0 radical (unpaired) electrons. The molecule has 0 saturated heterocycles.